The normalized spacial score (nSPS) is 29.7. The summed E-state index contributed by atoms with van der Waals surface area (Å²) in [6.07, 6.45) is 3.60. The highest BCUT2D eigenvalue weighted by atomic mass is 16.2. The van der Waals surface area contributed by atoms with Crippen LogP contribution in [-0.2, 0) is 9.59 Å². The molecule has 0 aromatic heterocycles. The number of carbonyl (C=O) groups is 2. The van der Waals surface area contributed by atoms with E-state index in [0.29, 0.717) is 0 Å². The summed E-state index contributed by atoms with van der Waals surface area (Å²) in [6.45, 7) is 4.92. The summed E-state index contributed by atoms with van der Waals surface area (Å²) in [5.41, 5.74) is 0.257. The van der Waals surface area contributed by atoms with Crippen molar-refractivity contribution in [3.05, 3.63) is 0 Å². The zero-order chi connectivity index (χ0) is 11.1. The van der Waals surface area contributed by atoms with Crippen molar-refractivity contribution in [1.29, 1.82) is 0 Å². The summed E-state index contributed by atoms with van der Waals surface area (Å²) in [7, 11) is 0. The van der Waals surface area contributed by atoms with E-state index in [4.69, 9.17) is 0 Å². The molecule has 2 rings (SSSR count). The molecule has 2 amide bonds. The van der Waals surface area contributed by atoms with Gasteiger partial charge in [-0.2, -0.15) is 0 Å². The van der Waals surface area contributed by atoms with E-state index in [-0.39, 0.29) is 29.8 Å². The van der Waals surface area contributed by atoms with Gasteiger partial charge >= 0.3 is 0 Å². The van der Waals surface area contributed by atoms with Crippen molar-refractivity contribution in [1.82, 2.24) is 10.2 Å². The molecule has 15 heavy (non-hydrogen) atoms. The minimum absolute atomic E-state index is 0.0370. The third-order valence-electron chi connectivity index (χ3n) is 3.53. The number of nitrogens with one attached hydrogen (secondary N) is 1. The van der Waals surface area contributed by atoms with Gasteiger partial charge in [0, 0.05) is 6.54 Å². The number of nitrogens with zero attached hydrogens (tertiary/aromatic N) is 1. The van der Waals surface area contributed by atoms with E-state index in [1.54, 1.807) is 11.8 Å². The van der Waals surface area contributed by atoms with Crippen molar-refractivity contribution < 1.29 is 9.59 Å². The van der Waals surface area contributed by atoms with Gasteiger partial charge in [-0.25, -0.2) is 0 Å². The largest absolute Gasteiger partial charge is 0.343 e. The number of hydrogen-bond acceptors (Lipinski definition) is 2. The van der Waals surface area contributed by atoms with Crippen LogP contribution in [0, 0.1) is 5.41 Å². The Labute approximate surface area is 90.0 Å². The van der Waals surface area contributed by atoms with Gasteiger partial charge in [0.25, 0.3) is 0 Å². The van der Waals surface area contributed by atoms with Crippen molar-refractivity contribution in [3.63, 3.8) is 0 Å². The molecule has 2 fully saturated rings. The highest BCUT2D eigenvalue weighted by Gasteiger charge is 2.38. The fraction of sp³-hybridized carbons (Fsp3) is 0.818. The lowest BCUT2D eigenvalue weighted by molar-refractivity contribution is -0.146. The molecular weight excluding hydrogens is 192 g/mol. The Hall–Kier alpha value is -1.06. The third kappa shape index (κ3) is 1.98. The Morgan fingerprint density at radius 2 is 2.13 bits per heavy atom. The van der Waals surface area contributed by atoms with E-state index in [0.717, 1.165) is 6.54 Å². The van der Waals surface area contributed by atoms with Crippen molar-refractivity contribution in [2.75, 3.05) is 13.1 Å². The molecule has 84 valence electrons. The van der Waals surface area contributed by atoms with E-state index in [2.05, 4.69) is 12.2 Å². The van der Waals surface area contributed by atoms with Crippen LogP contribution in [0.5, 0.6) is 0 Å². The molecule has 1 aliphatic heterocycles. The van der Waals surface area contributed by atoms with Crippen molar-refractivity contribution >= 4 is 11.8 Å². The topological polar surface area (TPSA) is 49.4 Å². The van der Waals surface area contributed by atoms with E-state index >= 15 is 0 Å². The average molecular weight is 210 g/mol. The van der Waals surface area contributed by atoms with Gasteiger partial charge in [0.2, 0.25) is 11.8 Å². The molecule has 0 spiro atoms. The first-order chi connectivity index (χ1) is 7.00. The number of piperazine rings is 1. The van der Waals surface area contributed by atoms with Gasteiger partial charge < -0.3 is 10.2 Å². The van der Waals surface area contributed by atoms with Crippen molar-refractivity contribution in [3.8, 4) is 0 Å². The second-order valence-electron chi connectivity index (χ2n) is 5.15. The van der Waals surface area contributed by atoms with Gasteiger partial charge in [-0.3, -0.25) is 9.59 Å². The molecule has 1 heterocycles. The number of rotatable bonds is 2. The van der Waals surface area contributed by atoms with Crippen LogP contribution in [-0.4, -0.2) is 35.8 Å². The molecule has 0 radical (unpaired) electrons. The quantitative estimate of drug-likeness (QED) is 0.722. The predicted molar refractivity (Wildman–Crippen MR) is 56.1 cm³/mol. The summed E-state index contributed by atoms with van der Waals surface area (Å²) in [4.78, 5) is 24.8. The molecule has 4 heteroatoms. The Kier molecular flexibility index (Phi) is 2.44. The molecule has 1 saturated carbocycles. The number of hydrogen-bond donors (Lipinski definition) is 1. The van der Waals surface area contributed by atoms with Crippen LogP contribution in [0.3, 0.4) is 0 Å². The van der Waals surface area contributed by atoms with E-state index in [1.165, 1.54) is 19.3 Å². The molecule has 1 atom stereocenters. The van der Waals surface area contributed by atoms with Gasteiger partial charge in [-0.05, 0) is 25.2 Å². The fourth-order valence-corrected chi connectivity index (χ4v) is 2.41. The molecule has 0 aromatic rings. The molecule has 0 aromatic carbocycles. The van der Waals surface area contributed by atoms with Crippen LogP contribution in [0.15, 0.2) is 0 Å². The average Bonchev–Trinajstić information content (AvgIpc) is 2.11. The van der Waals surface area contributed by atoms with Crippen molar-refractivity contribution in [2.24, 2.45) is 5.41 Å². The molecule has 1 aliphatic carbocycles. The highest BCUT2D eigenvalue weighted by Crippen LogP contribution is 2.41. The highest BCUT2D eigenvalue weighted by molar-refractivity contribution is 5.94. The lowest BCUT2D eigenvalue weighted by Gasteiger charge is -2.43. The molecule has 1 N–H and O–H groups in total. The van der Waals surface area contributed by atoms with Gasteiger partial charge in [0.15, 0.2) is 0 Å². The first kappa shape index (κ1) is 10.5. The second-order valence-corrected chi connectivity index (χ2v) is 5.15. The second kappa shape index (κ2) is 3.51. The first-order valence-electron chi connectivity index (χ1n) is 5.58. The summed E-state index contributed by atoms with van der Waals surface area (Å²) in [6, 6.07) is -0.352. The van der Waals surface area contributed by atoms with Crippen LogP contribution >= 0.6 is 0 Å². The van der Waals surface area contributed by atoms with Gasteiger partial charge in [0.1, 0.15) is 6.04 Å². The van der Waals surface area contributed by atoms with Gasteiger partial charge in [-0.1, -0.05) is 13.3 Å². The maximum absolute atomic E-state index is 11.8. The van der Waals surface area contributed by atoms with Crippen LogP contribution in [0.1, 0.15) is 33.1 Å². The minimum atomic E-state index is -0.352. The third-order valence-corrected chi connectivity index (χ3v) is 3.53. The Morgan fingerprint density at radius 1 is 1.47 bits per heavy atom. The molecule has 1 saturated heterocycles. The standard InChI is InChI=1S/C11H18N2O2/c1-8-10(15)13(6-9(14)12-8)7-11(2)4-3-5-11/h8H,3-7H2,1-2H3,(H,12,14). The predicted octanol–water partition coefficient (Wildman–Crippen LogP) is 0.523. The van der Waals surface area contributed by atoms with Gasteiger partial charge in [0.05, 0.1) is 6.54 Å². The van der Waals surface area contributed by atoms with Crippen LogP contribution in [0.25, 0.3) is 0 Å². The summed E-state index contributed by atoms with van der Waals surface area (Å²) in [5, 5.41) is 2.65. The van der Waals surface area contributed by atoms with E-state index in [1.807, 2.05) is 0 Å². The van der Waals surface area contributed by atoms with Crippen LogP contribution < -0.4 is 5.32 Å². The Bertz CT molecular complexity index is 297. The fourth-order valence-electron chi connectivity index (χ4n) is 2.41. The van der Waals surface area contributed by atoms with Crippen molar-refractivity contribution in [2.45, 2.75) is 39.2 Å². The Morgan fingerprint density at radius 3 is 2.67 bits per heavy atom. The van der Waals surface area contributed by atoms with E-state index in [9.17, 15) is 9.59 Å². The van der Waals surface area contributed by atoms with Crippen LogP contribution in [0.4, 0.5) is 0 Å². The zero-order valence-electron chi connectivity index (χ0n) is 9.38. The monoisotopic (exact) mass is 210 g/mol. The van der Waals surface area contributed by atoms with Gasteiger partial charge in [-0.15, -0.1) is 0 Å². The first-order valence-corrected chi connectivity index (χ1v) is 5.58. The SMILES string of the molecule is CC1NC(=O)CN(CC2(C)CCC2)C1=O. The minimum Gasteiger partial charge on any atom is -0.343 e. The molecule has 1 unspecified atom stereocenters. The Balaban J connectivity index is 2.00. The zero-order valence-corrected chi connectivity index (χ0v) is 9.38. The summed E-state index contributed by atoms with van der Waals surface area (Å²) >= 11 is 0. The number of carbonyl (C=O) groups excluding carboxylic acids is 2. The van der Waals surface area contributed by atoms with Crippen LogP contribution in [0.2, 0.25) is 0 Å². The van der Waals surface area contributed by atoms with E-state index < -0.39 is 0 Å². The maximum Gasteiger partial charge on any atom is 0.245 e. The lowest BCUT2D eigenvalue weighted by atomic mass is 9.70. The maximum atomic E-state index is 11.8. The smallest absolute Gasteiger partial charge is 0.245 e. The lowest BCUT2D eigenvalue weighted by Crippen LogP contribution is -2.59. The molecule has 4 nitrogen and oxygen atoms in total. The molecule has 2 aliphatic rings. The summed E-state index contributed by atoms with van der Waals surface area (Å²) in [5.74, 6) is 0.0211. The molecule has 0 bridgehead atoms. The number of amides is 2. The summed E-state index contributed by atoms with van der Waals surface area (Å²) < 4.78 is 0. The molecular formula is C11H18N2O2.